The number of hydrogen-bond acceptors (Lipinski definition) is 5. The predicted octanol–water partition coefficient (Wildman–Crippen LogP) is 0.757. The third-order valence-corrected chi connectivity index (χ3v) is 1.92. The molecular formula is C10H13NO4. The number of hydroxylamine groups is 1. The maximum atomic E-state index is 11.4. The van der Waals surface area contributed by atoms with Crippen LogP contribution in [0, 0.1) is 0 Å². The van der Waals surface area contributed by atoms with E-state index in [0.29, 0.717) is 5.56 Å². The molecule has 0 radical (unpaired) electrons. The Morgan fingerprint density at radius 3 is 2.60 bits per heavy atom. The molecular weight excluding hydrogens is 198 g/mol. The summed E-state index contributed by atoms with van der Waals surface area (Å²) in [5.41, 5.74) is 2.86. The molecule has 0 spiro atoms. The first-order valence-electron chi connectivity index (χ1n) is 4.35. The van der Waals surface area contributed by atoms with E-state index < -0.39 is 12.0 Å². The van der Waals surface area contributed by atoms with Crippen molar-refractivity contribution in [3.8, 4) is 5.75 Å². The largest absolute Gasteiger partial charge is 0.508 e. The van der Waals surface area contributed by atoms with Gasteiger partial charge in [-0.1, -0.05) is 18.2 Å². The van der Waals surface area contributed by atoms with Gasteiger partial charge in [-0.05, 0) is 6.07 Å². The minimum atomic E-state index is -0.832. The number of carbonyl (C=O) groups excluding carboxylic acids is 1. The smallest absolute Gasteiger partial charge is 0.329 e. The van der Waals surface area contributed by atoms with Crippen molar-refractivity contribution in [1.29, 1.82) is 0 Å². The highest BCUT2D eigenvalue weighted by Gasteiger charge is 2.23. The monoisotopic (exact) mass is 211 g/mol. The van der Waals surface area contributed by atoms with Crippen LogP contribution in [-0.2, 0) is 14.4 Å². The fourth-order valence-electron chi connectivity index (χ4n) is 1.21. The van der Waals surface area contributed by atoms with E-state index in [2.05, 4.69) is 15.1 Å². The lowest BCUT2D eigenvalue weighted by molar-refractivity contribution is -0.147. The molecule has 0 saturated heterocycles. The second-order valence-corrected chi connectivity index (χ2v) is 2.84. The molecule has 1 rings (SSSR count). The van der Waals surface area contributed by atoms with Crippen molar-refractivity contribution in [2.24, 2.45) is 0 Å². The third kappa shape index (κ3) is 2.68. The van der Waals surface area contributed by atoms with Crippen molar-refractivity contribution in [3.63, 3.8) is 0 Å². The highest BCUT2D eigenvalue weighted by atomic mass is 16.6. The Balaban J connectivity index is 2.98. The maximum Gasteiger partial charge on any atom is 0.329 e. The molecule has 0 aromatic heterocycles. The normalized spacial score (nSPS) is 12.1. The number of rotatable bonds is 4. The van der Waals surface area contributed by atoms with Crippen LogP contribution in [0.15, 0.2) is 24.3 Å². The SMILES string of the molecule is CONC(C(=O)OC)c1ccccc1O. The summed E-state index contributed by atoms with van der Waals surface area (Å²) in [6.07, 6.45) is 0. The van der Waals surface area contributed by atoms with Crippen molar-refractivity contribution in [2.45, 2.75) is 6.04 Å². The van der Waals surface area contributed by atoms with Crippen molar-refractivity contribution >= 4 is 5.97 Å². The molecule has 82 valence electrons. The van der Waals surface area contributed by atoms with Crippen molar-refractivity contribution in [2.75, 3.05) is 14.2 Å². The number of aromatic hydroxyl groups is 1. The fraction of sp³-hybridized carbons (Fsp3) is 0.300. The van der Waals surface area contributed by atoms with Gasteiger partial charge in [-0.3, -0.25) is 0 Å². The zero-order valence-electron chi connectivity index (χ0n) is 8.56. The lowest BCUT2D eigenvalue weighted by atomic mass is 10.1. The van der Waals surface area contributed by atoms with Crippen LogP contribution in [0.3, 0.4) is 0 Å². The van der Waals surface area contributed by atoms with Crippen LogP contribution in [0.25, 0.3) is 0 Å². The van der Waals surface area contributed by atoms with E-state index in [1.54, 1.807) is 18.2 Å². The van der Waals surface area contributed by atoms with Crippen LogP contribution in [0.1, 0.15) is 11.6 Å². The molecule has 0 heterocycles. The summed E-state index contributed by atoms with van der Waals surface area (Å²) in [5.74, 6) is -0.518. The Kier molecular flexibility index (Phi) is 4.08. The molecule has 0 saturated carbocycles. The quantitative estimate of drug-likeness (QED) is 0.568. The number of para-hydroxylation sites is 1. The second-order valence-electron chi connectivity index (χ2n) is 2.84. The van der Waals surface area contributed by atoms with Crippen LogP contribution in [0.4, 0.5) is 0 Å². The number of ether oxygens (including phenoxy) is 1. The summed E-state index contributed by atoms with van der Waals surface area (Å²) >= 11 is 0. The molecule has 0 bridgehead atoms. The number of hydrogen-bond donors (Lipinski definition) is 2. The average Bonchev–Trinajstić information content (AvgIpc) is 2.26. The highest BCUT2D eigenvalue weighted by Crippen LogP contribution is 2.24. The molecule has 2 N–H and O–H groups in total. The fourth-order valence-corrected chi connectivity index (χ4v) is 1.21. The Hall–Kier alpha value is -1.59. The van der Waals surface area contributed by atoms with E-state index in [-0.39, 0.29) is 5.75 Å². The van der Waals surface area contributed by atoms with Crippen LogP contribution < -0.4 is 5.48 Å². The molecule has 0 aliphatic carbocycles. The lowest BCUT2D eigenvalue weighted by Gasteiger charge is -2.15. The average molecular weight is 211 g/mol. The summed E-state index contributed by atoms with van der Waals surface area (Å²) in [5, 5.41) is 9.55. The van der Waals surface area contributed by atoms with Crippen LogP contribution in [0.5, 0.6) is 5.75 Å². The van der Waals surface area contributed by atoms with Gasteiger partial charge in [0.15, 0.2) is 6.04 Å². The molecule has 1 aromatic carbocycles. The molecule has 15 heavy (non-hydrogen) atoms. The van der Waals surface area contributed by atoms with Gasteiger partial charge in [-0.2, -0.15) is 5.48 Å². The molecule has 0 amide bonds. The lowest BCUT2D eigenvalue weighted by Crippen LogP contribution is -2.28. The van der Waals surface area contributed by atoms with E-state index in [0.717, 1.165) is 0 Å². The van der Waals surface area contributed by atoms with E-state index >= 15 is 0 Å². The van der Waals surface area contributed by atoms with Crippen LogP contribution in [-0.4, -0.2) is 25.3 Å². The number of carbonyl (C=O) groups is 1. The van der Waals surface area contributed by atoms with E-state index in [1.165, 1.54) is 20.3 Å². The minimum Gasteiger partial charge on any atom is -0.508 e. The molecule has 1 atom stereocenters. The third-order valence-electron chi connectivity index (χ3n) is 1.92. The van der Waals surface area contributed by atoms with Gasteiger partial charge in [0.1, 0.15) is 5.75 Å². The van der Waals surface area contributed by atoms with Gasteiger partial charge in [0, 0.05) is 5.56 Å². The molecule has 5 heteroatoms. The Labute approximate surface area is 87.6 Å². The molecule has 1 unspecified atom stereocenters. The summed E-state index contributed by atoms with van der Waals surface area (Å²) in [7, 11) is 2.66. The Bertz CT molecular complexity index is 340. The van der Waals surface area contributed by atoms with Crippen LogP contribution >= 0.6 is 0 Å². The van der Waals surface area contributed by atoms with Crippen molar-refractivity contribution in [3.05, 3.63) is 29.8 Å². The van der Waals surface area contributed by atoms with E-state index in [9.17, 15) is 9.90 Å². The molecule has 0 aliphatic heterocycles. The topological polar surface area (TPSA) is 67.8 Å². The van der Waals surface area contributed by atoms with Crippen LogP contribution in [0.2, 0.25) is 0 Å². The maximum absolute atomic E-state index is 11.4. The molecule has 0 aliphatic rings. The highest BCUT2D eigenvalue weighted by molar-refractivity contribution is 5.78. The van der Waals surface area contributed by atoms with Gasteiger partial charge in [0.05, 0.1) is 14.2 Å². The zero-order valence-corrected chi connectivity index (χ0v) is 8.56. The second kappa shape index (κ2) is 5.33. The number of phenolic OH excluding ortho intramolecular Hbond substituents is 1. The molecule has 0 fully saturated rings. The number of phenols is 1. The van der Waals surface area contributed by atoms with E-state index in [1.807, 2.05) is 0 Å². The minimum absolute atomic E-state index is 0.0115. The summed E-state index contributed by atoms with van der Waals surface area (Å²) in [4.78, 5) is 16.1. The number of esters is 1. The first-order chi connectivity index (χ1) is 7.20. The van der Waals surface area contributed by atoms with Gasteiger partial charge in [0.25, 0.3) is 0 Å². The van der Waals surface area contributed by atoms with Gasteiger partial charge < -0.3 is 14.7 Å². The van der Waals surface area contributed by atoms with Gasteiger partial charge >= 0.3 is 5.97 Å². The molecule has 1 aromatic rings. The summed E-state index contributed by atoms with van der Waals surface area (Å²) in [6.45, 7) is 0. The molecule has 5 nitrogen and oxygen atoms in total. The predicted molar refractivity (Wildman–Crippen MR) is 53.0 cm³/mol. The van der Waals surface area contributed by atoms with Gasteiger partial charge in [0.2, 0.25) is 0 Å². The Morgan fingerprint density at radius 2 is 2.07 bits per heavy atom. The number of nitrogens with one attached hydrogen (secondary N) is 1. The summed E-state index contributed by atoms with van der Waals surface area (Å²) in [6, 6.07) is 5.65. The number of methoxy groups -OCH3 is 1. The van der Waals surface area contributed by atoms with E-state index in [4.69, 9.17) is 0 Å². The van der Waals surface area contributed by atoms with Crippen molar-refractivity contribution < 1.29 is 19.5 Å². The first kappa shape index (κ1) is 11.5. The van der Waals surface area contributed by atoms with Gasteiger partial charge in [-0.25, -0.2) is 4.79 Å². The van der Waals surface area contributed by atoms with Crippen molar-refractivity contribution in [1.82, 2.24) is 5.48 Å². The summed E-state index contributed by atoms with van der Waals surface area (Å²) < 4.78 is 4.58. The first-order valence-corrected chi connectivity index (χ1v) is 4.35. The Morgan fingerprint density at radius 1 is 1.40 bits per heavy atom. The zero-order chi connectivity index (χ0) is 11.3. The number of benzene rings is 1. The van der Waals surface area contributed by atoms with Gasteiger partial charge in [-0.15, -0.1) is 0 Å². The standard InChI is InChI=1S/C10H13NO4/c1-14-10(13)9(11-15-2)7-5-3-4-6-8(7)12/h3-6,9,11-12H,1-2H3.